The van der Waals surface area contributed by atoms with Crippen molar-refractivity contribution in [2.75, 3.05) is 13.1 Å². The van der Waals surface area contributed by atoms with Gasteiger partial charge in [-0.1, -0.05) is 41.9 Å². The summed E-state index contributed by atoms with van der Waals surface area (Å²) in [4.78, 5) is 0. The molecule has 0 saturated carbocycles. The largest absolute Gasteiger partial charge is 0.329 e. The van der Waals surface area contributed by atoms with E-state index in [0.29, 0.717) is 12.5 Å². The van der Waals surface area contributed by atoms with Gasteiger partial charge in [-0.25, -0.2) is 0 Å². The monoisotopic (exact) mass is 270 g/mol. The number of nitrogens with one attached hydrogen (secondary N) is 1. The molecule has 0 aliphatic rings. The van der Waals surface area contributed by atoms with Crippen molar-refractivity contribution in [3.63, 3.8) is 0 Å². The molecule has 2 nitrogen and oxygen atoms in total. The second-order valence-electron chi connectivity index (χ2n) is 4.14. The van der Waals surface area contributed by atoms with Crippen LogP contribution in [0.2, 0.25) is 0 Å². The molecule has 15 heavy (non-hydrogen) atoms. The van der Waals surface area contributed by atoms with Gasteiger partial charge in [-0.3, -0.25) is 0 Å². The number of hydrogen-bond donors (Lipinski definition) is 2. The van der Waals surface area contributed by atoms with E-state index in [1.807, 2.05) is 0 Å². The number of rotatable bonds is 5. The highest BCUT2D eigenvalue weighted by molar-refractivity contribution is 9.10. The highest BCUT2D eigenvalue weighted by Crippen LogP contribution is 2.16. The molecule has 0 aromatic heterocycles. The molecule has 1 rings (SSSR count). The first-order chi connectivity index (χ1) is 7.13. The molecule has 0 aliphatic heterocycles. The molecule has 0 bridgehead atoms. The predicted octanol–water partition coefficient (Wildman–Crippen LogP) is 2.69. The second-order valence-corrected chi connectivity index (χ2v) is 5.06. The molecular formula is C12H19BrN2. The Morgan fingerprint density at radius 1 is 1.27 bits per heavy atom. The first-order valence-corrected chi connectivity index (χ1v) is 6.11. The quantitative estimate of drug-likeness (QED) is 0.864. The zero-order valence-electron chi connectivity index (χ0n) is 9.33. The number of nitrogens with two attached hydrogens (primary N) is 1. The van der Waals surface area contributed by atoms with Crippen LogP contribution < -0.4 is 11.1 Å². The molecule has 3 N–H and O–H groups in total. The third kappa shape index (κ3) is 4.33. The summed E-state index contributed by atoms with van der Waals surface area (Å²) in [5.74, 6) is 0.648. The molecule has 84 valence electrons. The van der Waals surface area contributed by atoms with Crippen molar-refractivity contribution in [2.24, 2.45) is 11.7 Å². The molecule has 0 heterocycles. The predicted molar refractivity (Wildman–Crippen MR) is 68.8 cm³/mol. The van der Waals surface area contributed by atoms with E-state index in [9.17, 15) is 0 Å². The van der Waals surface area contributed by atoms with Gasteiger partial charge in [0.2, 0.25) is 0 Å². The van der Waals surface area contributed by atoms with Gasteiger partial charge in [0.05, 0.1) is 0 Å². The number of halogens is 1. The summed E-state index contributed by atoms with van der Waals surface area (Å²) in [6.07, 6.45) is 0. The standard InChI is InChI=1S/C12H19BrN2/c1-9(2)8-15-12(7-14)10-3-5-11(13)6-4-10/h3-6,9,12,15H,7-8,14H2,1-2H3. The highest BCUT2D eigenvalue weighted by Gasteiger charge is 2.08. The van der Waals surface area contributed by atoms with Crippen LogP contribution in [0.4, 0.5) is 0 Å². The Bertz CT molecular complexity index is 282. The van der Waals surface area contributed by atoms with Crippen molar-refractivity contribution in [2.45, 2.75) is 19.9 Å². The van der Waals surface area contributed by atoms with Crippen LogP contribution in [0.5, 0.6) is 0 Å². The fourth-order valence-corrected chi connectivity index (χ4v) is 1.67. The van der Waals surface area contributed by atoms with Gasteiger partial charge in [-0.05, 0) is 30.2 Å². The lowest BCUT2D eigenvalue weighted by Gasteiger charge is -2.18. The third-order valence-corrected chi connectivity index (χ3v) is 2.81. The number of benzene rings is 1. The lowest BCUT2D eigenvalue weighted by molar-refractivity contribution is 0.479. The molecule has 1 unspecified atom stereocenters. The van der Waals surface area contributed by atoms with Crippen LogP contribution in [-0.4, -0.2) is 13.1 Å². The van der Waals surface area contributed by atoms with Gasteiger partial charge in [0.1, 0.15) is 0 Å². The van der Waals surface area contributed by atoms with Crippen LogP contribution in [0.15, 0.2) is 28.7 Å². The maximum atomic E-state index is 5.75. The highest BCUT2D eigenvalue weighted by atomic mass is 79.9. The maximum absolute atomic E-state index is 5.75. The Balaban J connectivity index is 2.61. The Labute approximate surface area is 100 Å². The van der Waals surface area contributed by atoms with Crippen molar-refractivity contribution in [1.29, 1.82) is 0 Å². The number of hydrogen-bond acceptors (Lipinski definition) is 2. The molecule has 3 heteroatoms. The summed E-state index contributed by atoms with van der Waals surface area (Å²) in [5, 5.41) is 3.46. The zero-order chi connectivity index (χ0) is 11.3. The molecule has 0 amide bonds. The molecule has 0 spiro atoms. The molecule has 1 aromatic carbocycles. The Morgan fingerprint density at radius 2 is 1.87 bits per heavy atom. The van der Waals surface area contributed by atoms with Crippen LogP contribution in [0, 0.1) is 5.92 Å². The molecular weight excluding hydrogens is 252 g/mol. The summed E-state index contributed by atoms with van der Waals surface area (Å²) >= 11 is 3.43. The van der Waals surface area contributed by atoms with Crippen molar-refractivity contribution >= 4 is 15.9 Å². The summed E-state index contributed by atoms with van der Waals surface area (Å²) < 4.78 is 1.10. The fourth-order valence-electron chi connectivity index (χ4n) is 1.41. The van der Waals surface area contributed by atoms with Gasteiger partial charge in [-0.2, -0.15) is 0 Å². The van der Waals surface area contributed by atoms with E-state index in [0.717, 1.165) is 11.0 Å². The van der Waals surface area contributed by atoms with E-state index in [4.69, 9.17) is 5.73 Å². The maximum Gasteiger partial charge on any atom is 0.0444 e. The SMILES string of the molecule is CC(C)CNC(CN)c1ccc(Br)cc1. The van der Waals surface area contributed by atoms with E-state index in [2.05, 4.69) is 59.4 Å². The van der Waals surface area contributed by atoms with E-state index >= 15 is 0 Å². The topological polar surface area (TPSA) is 38.0 Å². The van der Waals surface area contributed by atoms with Crippen molar-refractivity contribution in [1.82, 2.24) is 5.32 Å². The van der Waals surface area contributed by atoms with Crippen LogP contribution >= 0.6 is 15.9 Å². The smallest absolute Gasteiger partial charge is 0.0444 e. The molecule has 0 radical (unpaired) electrons. The van der Waals surface area contributed by atoms with Gasteiger partial charge in [0, 0.05) is 17.1 Å². The third-order valence-electron chi connectivity index (χ3n) is 2.28. The summed E-state index contributed by atoms with van der Waals surface area (Å²) in [7, 11) is 0. The lowest BCUT2D eigenvalue weighted by Crippen LogP contribution is -2.30. The first kappa shape index (κ1) is 12.7. The molecule has 0 saturated heterocycles. The average molecular weight is 271 g/mol. The zero-order valence-corrected chi connectivity index (χ0v) is 10.9. The van der Waals surface area contributed by atoms with Crippen molar-refractivity contribution in [3.8, 4) is 0 Å². The van der Waals surface area contributed by atoms with E-state index in [-0.39, 0.29) is 6.04 Å². The summed E-state index contributed by atoms with van der Waals surface area (Å²) in [6.45, 7) is 6.02. The van der Waals surface area contributed by atoms with E-state index in [1.165, 1.54) is 5.56 Å². The van der Waals surface area contributed by atoms with Gasteiger partial charge >= 0.3 is 0 Å². The first-order valence-electron chi connectivity index (χ1n) is 5.32. The van der Waals surface area contributed by atoms with Gasteiger partial charge < -0.3 is 11.1 Å². The van der Waals surface area contributed by atoms with Gasteiger partial charge in [0.15, 0.2) is 0 Å². The fraction of sp³-hybridized carbons (Fsp3) is 0.500. The Kier molecular flexibility index (Phi) is 5.29. The minimum absolute atomic E-state index is 0.264. The molecule has 0 fully saturated rings. The molecule has 1 atom stereocenters. The van der Waals surface area contributed by atoms with Gasteiger partial charge in [0.25, 0.3) is 0 Å². The van der Waals surface area contributed by atoms with Crippen LogP contribution in [-0.2, 0) is 0 Å². The van der Waals surface area contributed by atoms with Crippen LogP contribution in [0.1, 0.15) is 25.5 Å². The lowest BCUT2D eigenvalue weighted by atomic mass is 10.1. The minimum atomic E-state index is 0.264. The van der Waals surface area contributed by atoms with Crippen molar-refractivity contribution in [3.05, 3.63) is 34.3 Å². The Morgan fingerprint density at radius 3 is 2.33 bits per heavy atom. The van der Waals surface area contributed by atoms with Gasteiger partial charge in [-0.15, -0.1) is 0 Å². The molecule has 0 aliphatic carbocycles. The summed E-state index contributed by atoms with van der Waals surface area (Å²) in [5.41, 5.74) is 7.01. The normalized spacial score (nSPS) is 13.1. The second kappa shape index (κ2) is 6.26. The minimum Gasteiger partial charge on any atom is -0.329 e. The molecule has 1 aromatic rings. The summed E-state index contributed by atoms with van der Waals surface area (Å²) in [6, 6.07) is 8.58. The average Bonchev–Trinajstić information content (AvgIpc) is 2.21. The van der Waals surface area contributed by atoms with E-state index < -0.39 is 0 Å². The Hall–Kier alpha value is -0.380. The van der Waals surface area contributed by atoms with E-state index in [1.54, 1.807) is 0 Å². The van der Waals surface area contributed by atoms with Crippen molar-refractivity contribution < 1.29 is 0 Å². The van der Waals surface area contributed by atoms with Crippen LogP contribution in [0.3, 0.4) is 0 Å². The van der Waals surface area contributed by atoms with Crippen LogP contribution in [0.25, 0.3) is 0 Å².